The molecule has 0 radical (unpaired) electrons. The number of benzene rings is 2. The first kappa shape index (κ1) is 19.9. The fourth-order valence-corrected chi connectivity index (χ4v) is 4.58. The number of carbonyl (C=O) groups excluding carboxylic acids is 1. The summed E-state index contributed by atoms with van der Waals surface area (Å²) in [6, 6.07) is 17.7. The predicted molar refractivity (Wildman–Crippen MR) is 119 cm³/mol. The van der Waals surface area contributed by atoms with Crippen molar-refractivity contribution in [2.45, 2.75) is 18.8 Å². The Kier molecular flexibility index (Phi) is 5.78. The molecule has 0 aliphatic carbocycles. The molecule has 2 aliphatic rings. The second-order valence-electron chi connectivity index (χ2n) is 7.74. The molecule has 1 aromatic heterocycles. The minimum absolute atomic E-state index is 0.0362. The number of nitrogens with zero attached hydrogens (tertiary/aromatic N) is 1. The Bertz CT molecular complexity index is 1040. The van der Waals surface area contributed by atoms with Gasteiger partial charge in [-0.15, -0.1) is 0 Å². The van der Waals surface area contributed by atoms with Crippen LogP contribution in [0.5, 0.6) is 17.2 Å². The van der Waals surface area contributed by atoms with E-state index in [9.17, 15) is 4.79 Å². The van der Waals surface area contributed by atoms with Gasteiger partial charge in [-0.2, -0.15) is 11.3 Å². The lowest BCUT2D eigenvalue weighted by atomic mass is 10.2. The third-order valence-electron chi connectivity index (χ3n) is 5.44. The Labute approximate surface area is 185 Å². The maximum absolute atomic E-state index is 12.7. The molecule has 2 unspecified atom stereocenters. The molecule has 31 heavy (non-hydrogen) atoms. The molecular weight excluding hydrogens is 412 g/mol. The van der Waals surface area contributed by atoms with Crippen molar-refractivity contribution in [2.75, 3.05) is 26.2 Å². The summed E-state index contributed by atoms with van der Waals surface area (Å²) in [5, 5.41) is 7.16. The van der Waals surface area contributed by atoms with E-state index in [1.165, 1.54) is 0 Å². The lowest BCUT2D eigenvalue weighted by molar-refractivity contribution is -0.123. The normalized spacial score (nSPS) is 20.3. The minimum Gasteiger partial charge on any atom is -0.486 e. The number of hydrogen-bond donors (Lipinski definition) is 1. The highest BCUT2D eigenvalue weighted by Crippen LogP contribution is 2.32. The van der Waals surface area contributed by atoms with Gasteiger partial charge in [0.05, 0.1) is 13.1 Å². The summed E-state index contributed by atoms with van der Waals surface area (Å²) in [4.78, 5) is 14.9. The van der Waals surface area contributed by atoms with Crippen molar-refractivity contribution < 1.29 is 19.0 Å². The number of nitrogens with one attached hydrogen (secondary N) is 1. The van der Waals surface area contributed by atoms with Crippen LogP contribution in [0.25, 0.3) is 0 Å². The highest BCUT2D eigenvalue weighted by molar-refractivity contribution is 7.07. The first-order valence-electron chi connectivity index (χ1n) is 10.4. The fourth-order valence-electron chi connectivity index (χ4n) is 3.88. The van der Waals surface area contributed by atoms with Crippen molar-refractivity contribution in [2.24, 2.45) is 0 Å². The van der Waals surface area contributed by atoms with E-state index in [-0.39, 0.29) is 18.1 Å². The molecule has 7 heteroatoms. The first-order valence-corrected chi connectivity index (χ1v) is 11.3. The molecule has 0 bridgehead atoms. The zero-order valence-electron chi connectivity index (χ0n) is 17.0. The van der Waals surface area contributed by atoms with E-state index in [1.807, 2.05) is 42.5 Å². The molecule has 1 N–H and O–H groups in total. The number of amides is 1. The third-order valence-corrected chi connectivity index (χ3v) is 6.14. The van der Waals surface area contributed by atoms with Crippen LogP contribution in [0.2, 0.25) is 0 Å². The molecule has 3 aromatic rings. The molecule has 0 spiro atoms. The second-order valence-corrected chi connectivity index (χ2v) is 8.52. The Morgan fingerprint density at radius 1 is 1.03 bits per heavy atom. The monoisotopic (exact) mass is 436 g/mol. The number of carbonyl (C=O) groups is 1. The average molecular weight is 437 g/mol. The van der Waals surface area contributed by atoms with Gasteiger partial charge in [0.15, 0.2) is 11.5 Å². The van der Waals surface area contributed by atoms with Crippen LogP contribution < -0.4 is 19.5 Å². The van der Waals surface area contributed by atoms with Crippen LogP contribution in [0.4, 0.5) is 0 Å². The molecule has 2 aromatic carbocycles. The lowest BCUT2D eigenvalue weighted by Gasteiger charge is -2.27. The van der Waals surface area contributed by atoms with E-state index in [4.69, 9.17) is 14.2 Å². The lowest BCUT2D eigenvalue weighted by Crippen LogP contribution is -2.44. The molecule has 5 rings (SSSR count). The number of rotatable bonds is 5. The van der Waals surface area contributed by atoms with Crippen LogP contribution in [-0.2, 0) is 11.3 Å². The van der Waals surface area contributed by atoms with Crippen LogP contribution in [0.1, 0.15) is 17.2 Å². The molecule has 6 nitrogen and oxygen atoms in total. The Balaban J connectivity index is 1.21. The van der Waals surface area contributed by atoms with Gasteiger partial charge < -0.3 is 19.5 Å². The number of para-hydroxylation sites is 3. The van der Waals surface area contributed by atoms with Crippen molar-refractivity contribution in [3.8, 4) is 17.2 Å². The van der Waals surface area contributed by atoms with Crippen molar-refractivity contribution in [1.29, 1.82) is 0 Å². The maximum Gasteiger partial charge on any atom is 0.234 e. The van der Waals surface area contributed by atoms with Gasteiger partial charge in [0, 0.05) is 24.2 Å². The maximum atomic E-state index is 12.7. The van der Waals surface area contributed by atoms with E-state index in [0.717, 1.165) is 22.6 Å². The number of fused-ring (bicyclic) bond motifs is 2. The quantitative estimate of drug-likeness (QED) is 0.662. The predicted octanol–water partition coefficient (Wildman–Crippen LogP) is 3.64. The zero-order chi connectivity index (χ0) is 21.0. The number of thiophene rings is 1. The fraction of sp³-hybridized carbons (Fsp3) is 0.292. The van der Waals surface area contributed by atoms with Gasteiger partial charge in [0.2, 0.25) is 5.91 Å². The molecule has 2 atom stereocenters. The summed E-state index contributed by atoms with van der Waals surface area (Å²) in [6.45, 7) is 2.43. The van der Waals surface area contributed by atoms with Gasteiger partial charge in [-0.25, -0.2) is 0 Å². The third kappa shape index (κ3) is 4.68. The van der Waals surface area contributed by atoms with Gasteiger partial charge in [-0.1, -0.05) is 30.3 Å². The number of ether oxygens (including phenoxy) is 3. The standard InChI is InChI=1S/C24H24N2O4S/c27-24(25-11-19-15-28-21-7-3-4-8-22(21)29-19)14-26-12-17-5-1-2-6-20(17)30-23(13-26)18-9-10-31-16-18/h1-10,16,19,23H,11-15H2,(H,25,27). The van der Waals surface area contributed by atoms with Crippen LogP contribution in [0.15, 0.2) is 65.4 Å². The Morgan fingerprint density at radius 2 is 1.84 bits per heavy atom. The smallest absolute Gasteiger partial charge is 0.234 e. The second kappa shape index (κ2) is 8.99. The van der Waals surface area contributed by atoms with Gasteiger partial charge in [0.1, 0.15) is 24.6 Å². The topological polar surface area (TPSA) is 60.0 Å². The molecule has 2 aliphatic heterocycles. The summed E-state index contributed by atoms with van der Waals surface area (Å²) in [6.07, 6.45) is -0.306. The molecular formula is C24H24N2O4S. The van der Waals surface area contributed by atoms with Crippen molar-refractivity contribution >= 4 is 17.2 Å². The first-order chi connectivity index (χ1) is 15.2. The molecule has 0 saturated heterocycles. The van der Waals surface area contributed by atoms with Crippen molar-refractivity contribution in [3.63, 3.8) is 0 Å². The van der Waals surface area contributed by atoms with Gasteiger partial charge >= 0.3 is 0 Å². The summed E-state index contributed by atoms with van der Waals surface area (Å²) in [5.74, 6) is 2.31. The van der Waals surface area contributed by atoms with E-state index < -0.39 is 0 Å². The van der Waals surface area contributed by atoms with E-state index in [0.29, 0.717) is 38.5 Å². The molecule has 0 fully saturated rings. The molecule has 160 valence electrons. The van der Waals surface area contributed by atoms with Crippen molar-refractivity contribution in [1.82, 2.24) is 10.2 Å². The zero-order valence-corrected chi connectivity index (χ0v) is 17.8. The molecule has 3 heterocycles. The summed E-state index contributed by atoms with van der Waals surface area (Å²) in [7, 11) is 0. The Morgan fingerprint density at radius 3 is 2.68 bits per heavy atom. The van der Waals surface area contributed by atoms with E-state index >= 15 is 0 Å². The average Bonchev–Trinajstić information content (AvgIpc) is 3.27. The van der Waals surface area contributed by atoms with Crippen molar-refractivity contribution in [3.05, 3.63) is 76.5 Å². The van der Waals surface area contributed by atoms with Crippen LogP contribution in [0.3, 0.4) is 0 Å². The Hall–Kier alpha value is -3.03. The summed E-state index contributed by atoms with van der Waals surface area (Å²) in [5.41, 5.74) is 2.23. The van der Waals surface area contributed by atoms with Crippen LogP contribution in [0, 0.1) is 0 Å². The SMILES string of the molecule is O=C(CN1Cc2ccccc2OC(c2ccsc2)C1)NCC1COc2ccccc2O1. The van der Waals surface area contributed by atoms with E-state index in [1.54, 1.807) is 11.3 Å². The highest BCUT2D eigenvalue weighted by Gasteiger charge is 2.26. The number of hydrogen-bond acceptors (Lipinski definition) is 6. The van der Waals surface area contributed by atoms with Gasteiger partial charge in [-0.05, 0) is 35.0 Å². The molecule has 0 saturated carbocycles. The van der Waals surface area contributed by atoms with E-state index in [2.05, 4.69) is 33.1 Å². The van der Waals surface area contributed by atoms with Gasteiger partial charge in [-0.3, -0.25) is 9.69 Å². The highest BCUT2D eigenvalue weighted by atomic mass is 32.1. The van der Waals surface area contributed by atoms with Crippen LogP contribution >= 0.6 is 11.3 Å². The van der Waals surface area contributed by atoms with Gasteiger partial charge in [0.25, 0.3) is 0 Å². The minimum atomic E-state index is -0.203. The summed E-state index contributed by atoms with van der Waals surface area (Å²) < 4.78 is 18.0. The molecule has 1 amide bonds. The largest absolute Gasteiger partial charge is 0.486 e. The van der Waals surface area contributed by atoms with Crippen LogP contribution in [-0.4, -0.2) is 43.2 Å². The summed E-state index contributed by atoms with van der Waals surface area (Å²) >= 11 is 1.65.